The average molecular weight is 279 g/mol. The van der Waals surface area contributed by atoms with Gasteiger partial charge >= 0.3 is 0 Å². The second-order valence-electron chi connectivity index (χ2n) is 4.91. The molecule has 1 rings (SSSR count). The molecule has 0 bridgehead atoms. The van der Waals surface area contributed by atoms with E-state index in [1.807, 2.05) is 6.92 Å². The molecule has 0 aliphatic heterocycles. The maximum atomic E-state index is 11.3. The van der Waals surface area contributed by atoms with Crippen LogP contribution in [0.3, 0.4) is 0 Å². The molecule has 1 aliphatic rings. The average Bonchev–Trinajstić information content (AvgIpc) is 2.80. The fraction of sp³-hybridized carbons (Fsp3) is 0.923. The Morgan fingerprint density at radius 1 is 1.44 bits per heavy atom. The van der Waals surface area contributed by atoms with Crippen LogP contribution < -0.4 is 11.1 Å². The Morgan fingerprint density at radius 2 is 2.06 bits per heavy atom. The number of rotatable bonds is 7. The first-order valence-corrected chi connectivity index (χ1v) is 6.80. The number of amides is 1. The van der Waals surface area contributed by atoms with Crippen molar-refractivity contribution in [1.29, 1.82) is 0 Å². The highest BCUT2D eigenvalue weighted by atomic mass is 35.5. The molecule has 18 heavy (non-hydrogen) atoms. The van der Waals surface area contributed by atoms with E-state index < -0.39 is 6.04 Å². The Labute approximate surface area is 116 Å². The van der Waals surface area contributed by atoms with Crippen LogP contribution >= 0.6 is 12.4 Å². The number of carbonyl (C=O) groups excluding carboxylic acids is 1. The van der Waals surface area contributed by atoms with Gasteiger partial charge in [0.15, 0.2) is 0 Å². The Hall–Kier alpha value is -0.320. The monoisotopic (exact) mass is 278 g/mol. The van der Waals surface area contributed by atoms with E-state index in [1.165, 1.54) is 25.7 Å². The lowest BCUT2D eigenvalue weighted by molar-refractivity contribution is -0.122. The van der Waals surface area contributed by atoms with Gasteiger partial charge in [-0.1, -0.05) is 12.8 Å². The minimum Gasteiger partial charge on any atom is -0.378 e. The van der Waals surface area contributed by atoms with Crippen LogP contribution in [0.25, 0.3) is 0 Å². The molecule has 1 fully saturated rings. The highest BCUT2D eigenvalue weighted by Crippen LogP contribution is 2.30. The van der Waals surface area contributed by atoms with Gasteiger partial charge in [0.25, 0.3) is 0 Å². The maximum Gasteiger partial charge on any atom is 0.236 e. The highest BCUT2D eigenvalue weighted by Gasteiger charge is 2.25. The van der Waals surface area contributed by atoms with Crippen LogP contribution in [0.4, 0.5) is 0 Å². The molecule has 3 N–H and O–H groups in total. The zero-order valence-corrected chi connectivity index (χ0v) is 12.3. The summed E-state index contributed by atoms with van der Waals surface area (Å²) in [4.78, 5) is 11.3. The number of halogens is 1. The second-order valence-corrected chi connectivity index (χ2v) is 4.91. The van der Waals surface area contributed by atoms with Crippen molar-refractivity contribution < 1.29 is 9.53 Å². The number of nitrogens with one attached hydrogen (secondary N) is 1. The van der Waals surface area contributed by atoms with Gasteiger partial charge in [0.2, 0.25) is 5.91 Å². The molecule has 1 saturated carbocycles. The predicted molar refractivity (Wildman–Crippen MR) is 75.9 cm³/mol. The van der Waals surface area contributed by atoms with E-state index in [0.717, 1.165) is 13.0 Å². The number of nitrogens with two attached hydrogens (primary N) is 1. The molecule has 0 aromatic heterocycles. The van der Waals surface area contributed by atoms with Crippen LogP contribution in [0, 0.1) is 5.92 Å². The zero-order chi connectivity index (χ0) is 12.7. The van der Waals surface area contributed by atoms with Gasteiger partial charge in [-0.3, -0.25) is 4.79 Å². The molecule has 1 aliphatic carbocycles. The lowest BCUT2D eigenvalue weighted by Gasteiger charge is -2.23. The summed E-state index contributed by atoms with van der Waals surface area (Å²) in [6, 6.07) is -0.424. The van der Waals surface area contributed by atoms with Crippen molar-refractivity contribution in [2.24, 2.45) is 11.7 Å². The van der Waals surface area contributed by atoms with Gasteiger partial charge < -0.3 is 15.8 Å². The third-order valence-electron chi connectivity index (χ3n) is 3.45. The number of ether oxygens (including phenoxy) is 1. The molecule has 0 saturated heterocycles. The molecule has 2 atom stereocenters. The number of hydrogen-bond donors (Lipinski definition) is 2. The van der Waals surface area contributed by atoms with Gasteiger partial charge in [0.1, 0.15) is 0 Å². The van der Waals surface area contributed by atoms with E-state index in [2.05, 4.69) is 5.32 Å². The van der Waals surface area contributed by atoms with Crippen LogP contribution in [0.1, 0.15) is 46.0 Å². The van der Waals surface area contributed by atoms with Crippen LogP contribution in [0.2, 0.25) is 0 Å². The third-order valence-corrected chi connectivity index (χ3v) is 3.45. The van der Waals surface area contributed by atoms with Gasteiger partial charge in [-0.2, -0.15) is 0 Å². The summed E-state index contributed by atoms with van der Waals surface area (Å²) >= 11 is 0. The largest absolute Gasteiger partial charge is 0.378 e. The van der Waals surface area contributed by atoms with E-state index in [9.17, 15) is 4.79 Å². The van der Waals surface area contributed by atoms with Crippen LogP contribution in [0.5, 0.6) is 0 Å². The van der Waals surface area contributed by atoms with Crippen molar-refractivity contribution >= 4 is 18.3 Å². The zero-order valence-electron chi connectivity index (χ0n) is 11.5. The summed E-state index contributed by atoms with van der Waals surface area (Å²) < 4.78 is 5.79. The summed E-state index contributed by atoms with van der Waals surface area (Å²) in [7, 11) is 0. The standard InChI is InChI=1S/C13H26N2O2.ClH/c1-3-17-12(11-6-4-5-7-11)8-9-15-13(16)10(2)14;/h10-12H,3-9,14H2,1-2H3,(H,15,16);1H/t10-,12?;/m0./s1. The van der Waals surface area contributed by atoms with Gasteiger partial charge in [-0.05, 0) is 39.0 Å². The Balaban J connectivity index is 0.00000289. The van der Waals surface area contributed by atoms with Gasteiger partial charge in [0, 0.05) is 13.2 Å². The molecule has 0 radical (unpaired) electrons. The van der Waals surface area contributed by atoms with Crippen molar-refractivity contribution in [2.75, 3.05) is 13.2 Å². The molecule has 5 heteroatoms. The normalized spacial score (nSPS) is 19.1. The number of carbonyl (C=O) groups is 1. The topological polar surface area (TPSA) is 64.3 Å². The lowest BCUT2D eigenvalue weighted by atomic mass is 9.98. The van der Waals surface area contributed by atoms with Crippen LogP contribution in [-0.2, 0) is 9.53 Å². The highest BCUT2D eigenvalue weighted by molar-refractivity contribution is 5.85. The second kappa shape index (κ2) is 9.59. The van der Waals surface area contributed by atoms with Crippen LogP contribution in [-0.4, -0.2) is 31.2 Å². The van der Waals surface area contributed by atoms with E-state index in [-0.39, 0.29) is 18.3 Å². The first-order chi connectivity index (χ1) is 8.15. The van der Waals surface area contributed by atoms with Crippen LogP contribution in [0.15, 0.2) is 0 Å². The van der Waals surface area contributed by atoms with Crippen molar-refractivity contribution in [3.8, 4) is 0 Å². The van der Waals surface area contributed by atoms with Crippen molar-refractivity contribution in [3.63, 3.8) is 0 Å². The van der Waals surface area contributed by atoms with E-state index in [1.54, 1.807) is 6.92 Å². The Kier molecular flexibility index (Phi) is 9.42. The predicted octanol–water partition coefficient (Wildman–Crippen LogP) is 1.86. The summed E-state index contributed by atoms with van der Waals surface area (Å²) in [5.41, 5.74) is 5.49. The minimum absolute atomic E-state index is 0. The minimum atomic E-state index is -0.424. The molecule has 0 heterocycles. The maximum absolute atomic E-state index is 11.3. The van der Waals surface area contributed by atoms with Gasteiger partial charge in [-0.15, -0.1) is 12.4 Å². The third kappa shape index (κ3) is 6.03. The first-order valence-electron chi connectivity index (χ1n) is 6.80. The smallest absolute Gasteiger partial charge is 0.236 e. The molecule has 0 spiro atoms. The summed E-state index contributed by atoms with van der Waals surface area (Å²) in [5.74, 6) is 0.605. The van der Waals surface area contributed by atoms with Gasteiger partial charge in [-0.25, -0.2) is 0 Å². The van der Waals surface area contributed by atoms with Crippen molar-refractivity contribution in [1.82, 2.24) is 5.32 Å². The molecule has 108 valence electrons. The van der Waals surface area contributed by atoms with E-state index in [0.29, 0.717) is 18.6 Å². The summed E-state index contributed by atoms with van der Waals surface area (Å²) in [5, 5.41) is 2.85. The quantitative estimate of drug-likeness (QED) is 0.747. The summed E-state index contributed by atoms with van der Waals surface area (Å²) in [6.07, 6.45) is 6.38. The fourth-order valence-corrected chi connectivity index (χ4v) is 2.50. The fourth-order valence-electron chi connectivity index (χ4n) is 2.50. The molecular weight excluding hydrogens is 252 g/mol. The van der Waals surface area contributed by atoms with E-state index >= 15 is 0 Å². The molecule has 0 aromatic rings. The lowest BCUT2D eigenvalue weighted by Crippen LogP contribution is -2.40. The molecule has 0 aromatic carbocycles. The van der Waals surface area contributed by atoms with Gasteiger partial charge in [0.05, 0.1) is 12.1 Å². The molecule has 1 unspecified atom stereocenters. The first kappa shape index (κ1) is 17.7. The Bertz CT molecular complexity index is 231. The van der Waals surface area contributed by atoms with E-state index in [4.69, 9.17) is 10.5 Å². The molecule has 4 nitrogen and oxygen atoms in total. The molecule has 1 amide bonds. The molecular formula is C13H27ClN2O2. The summed E-state index contributed by atoms with van der Waals surface area (Å²) in [6.45, 7) is 5.15. The number of hydrogen-bond acceptors (Lipinski definition) is 3. The Morgan fingerprint density at radius 3 is 2.56 bits per heavy atom. The van der Waals surface area contributed by atoms with Crippen molar-refractivity contribution in [3.05, 3.63) is 0 Å². The van der Waals surface area contributed by atoms with Crippen molar-refractivity contribution in [2.45, 2.75) is 58.1 Å². The SMILES string of the molecule is CCOC(CCNC(=O)[C@H](C)N)C1CCCC1.Cl.